The van der Waals surface area contributed by atoms with Crippen molar-refractivity contribution >= 4 is 15.7 Å². The van der Waals surface area contributed by atoms with Gasteiger partial charge in [-0.25, -0.2) is 8.42 Å². The van der Waals surface area contributed by atoms with E-state index in [9.17, 15) is 13.2 Å². The van der Waals surface area contributed by atoms with Gasteiger partial charge in [0.1, 0.15) is 15.5 Å². The molecule has 2 aliphatic heterocycles. The molecule has 1 saturated carbocycles. The van der Waals surface area contributed by atoms with E-state index in [0.29, 0.717) is 23.6 Å². The maximum absolute atomic E-state index is 12.6. The molecule has 2 saturated heterocycles. The fraction of sp³-hybridized carbons (Fsp3) is 0.722. The Hall–Kier alpha value is -1.34. The summed E-state index contributed by atoms with van der Waals surface area (Å²) in [5.41, 5.74) is 0.780. The van der Waals surface area contributed by atoms with Crippen molar-refractivity contribution in [3.63, 3.8) is 0 Å². The second-order valence-electron chi connectivity index (χ2n) is 7.70. The molecule has 1 amide bonds. The van der Waals surface area contributed by atoms with Crippen molar-refractivity contribution in [1.82, 2.24) is 14.8 Å². The zero-order valence-electron chi connectivity index (χ0n) is 14.6. The summed E-state index contributed by atoms with van der Waals surface area (Å²) in [4.78, 5) is 15.0. The van der Waals surface area contributed by atoms with Crippen molar-refractivity contribution in [3.05, 3.63) is 24.0 Å². The van der Waals surface area contributed by atoms with E-state index in [0.717, 1.165) is 44.5 Å². The molecule has 4 rings (SSSR count). The van der Waals surface area contributed by atoms with Gasteiger partial charge in [0.2, 0.25) is 0 Å². The predicted octanol–water partition coefficient (Wildman–Crippen LogP) is 1.59. The molecular weight excluding hydrogens is 338 g/mol. The van der Waals surface area contributed by atoms with Crippen LogP contribution in [0.15, 0.2) is 18.3 Å². The first kappa shape index (κ1) is 17.1. The van der Waals surface area contributed by atoms with Crippen molar-refractivity contribution in [2.24, 2.45) is 0 Å². The molecule has 1 aliphatic carbocycles. The summed E-state index contributed by atoms with van der Waals surface area (Å²) in [6, 6.07) is 4.99. The molecule has 0 atom stereocenters. The van der Waals surface area contributed by atoms with E-state index in [4.69, 9.17) is 0 Å². The van der Waals surface area contributed by atoms with Gasteiger partial charge in [0, 0.05) is 37.4 Å². The Morgan fingerprint density at radius 3 is 2.32 bits per heavy atom. The molecule has 3 aliphatic rings. The fourth-order valence-corrected chi connectivity index (χ4v) is 5.63. The van der Waals surface area contributed by atoms with Crippen LogP contribution in [0.25, 0.3) is 0 Å². The molecule has 1 N–H and O–H groups in total. The number of hydrogen-bond donors (Lipinski definition) is 1. The van der Waals surface area contributed by atoms with E-state index < -0.39 is 9.84 Å². The van der Waals surface area contributed by atoms with Crippen molar-refractivity contribution in [3.8, 4) is 0 Å². The summed E-state index contributed by atoms with van der Waals surface area (Å²) >= 11 is 0. The molecule has 0 unspecified atom stereocenters. The lowest BCUT2D eigenvalue weighted by Gasteiger charge is -2.39. The van der Waals surface area contributed by atoms with Crippen molar-refractivity contribution < 1.29 is 13.2 Å². The zero-order valence-corrected chi connectivity index (χ0v) is 15.4. The Labute approximate surface area is 149 Å². The van der Waals surface area contributed by atoms with Gasteiger partial charge in [-0.05, 0) is 50.7 Å². The van der Waals surface area contributed by atoms with Crippen LogP contribution in [0.3, 0.4) is 0 Å². The Kier molecular flexibility index (Phi) is 4.62. The van der Waals surface area contributed by atoms with Crippen LogP contribution >= 0.6 is 0 Å². The maximum Gasteiger partial charge on any atom is 0.268 e. The van der Waals surface area contributed by atoms with E-state index in [1.54, 1.807) is 0 Å². The summed E-state index contributed by atoms with van der Waals surface area (Å²) < 4.78 is 25.3. The molecule has 3 heterocycles. The van der Waals surface area contributed by atoms with Gasteiger partial charge in [-0.3, -0.25) is 4.79 Å². The quantitative estimate of drug-likeness (QED) is 0.880. The number of hydrogen-bond acceptors (Lipinski definition) is 4. The Bertz CT molecular complexity index is 717. The van der Waals surface area contributed by atoms with E-state index in [1.165, 1.54) is 12.8 Å². The normalized spacial score (nSPS) is 25.8. The van der Waals surface area contributed by atoms with Gasteiger partial charge in [0.05, 0.1) is 11.5 Å². The van der Waals surface area contributed by atoms with Crippen LogP contribution in [0.1, 0.15) is 55.1 Å². The van der Waals surface area contributed by atoms with Gasteiger partial charge in [-0.15, -0.1) is 0 Å². The highest BCUT2D eigenvalue weighted by Crippen LogP contribution is 2.36. The third kappa shape index (κ3) is 3.92. The van der Waals surface area contributed by atoms with Gasteiger partial charge in [0.15, 0.2) is 0 Å². The van der Waals surface area contributed by atoms with Crippen LogP contribution < -0.4 is 5.32 Å². The molecule has 138 valence electrons. The molecule has 0 spiro atoms. The molecular formula is C18H27N3O3S. The Balaban J connectivity index is 1.27. The number of nitrogens with one attached hydrogen (secondary N) is 1. The lowest BCUT2D eigenvalue weighted by molar-refractivity contribution is 0.0876. The van der Waals surface area contributed by atoms with Gasteiger partial charge in [-0.2, -0.15) is 0 Å². The average molecular weight is 365 g/mol. The number of nitrogens with zero attached hydrogens (tertiary/aromatic N) is 2. The summed E-state index contributed by atoms with van der Waals surface area (Å²) in [5.74, 6) is 0.693. The largest absolute Gasteiger partial charge is 0.348 e. The third-order valence-corrected chi connectivity index (χ3v) is 7.57. The number of carbonyl (C=O) groups is 1. The number of aromatic nitrogens is 1. The van der Waals surface area contributed by atoms with E-state index in [-0.39, 0.29) is 11.9 Å². The first-order chi connectivity index (χ1) is 12.0. The maximum atomic E-state index is 12.6. The molecule has 1 aromatic rings. The van der Waals surface area contributed by atoms with E-state index >= 15 is 0 Å². The molecule has 3 fully saturated rings. The van der Waals surface area contributed by atoms with Crippen LogP contribution in [-0.4, -0.2) is 60.5 Å². The molecule has 0 bridgehead atoms. The highest BCUT2D eigenvalue weighted by molar-refractivity contribution is 7.91. The Morgan fingerprint density at radius 2 is 1.68 bits per heavy atom. The zero-order chi connectivity index (χ0) is 17.4. The lowest BCUT2D eigenvalue weighted by Crippen LogP contribution is -2.50. The second-order valence-corrected chi connectivity index (χ2v) is 10.0. The number of sulfone groups is 1. The standard InChI is InChI=1S/C18H27N3O3S/c22-18(17-2-1-9-21(17)16-3-4-16)19-14-5-10-20(11-6-14)15-7-12-25(23,24)13-8-15/h1-2,9,14-16H,3-8,10-13H2,(H,19,22). The van der Waals surface area contributed by atoms with Crippen LogP contribution in [0.2, 0.25) is 0 Å². The summed E-state index contributed by atoms with van der Waals surface area (Å²) in [6.07, 6.45) is 7.75. The number of carbonyl (C=O) groups excluding carboxylic acids is 1. The van der Waals surface area contributed by atoms with Crippen LogP contribution in [0, 0.1) is 0 Å². The smallest absolute Gasteiger partial charge is 0.268 e. The molecule has 1 aromatic heterocycles. The number of rotatable bonds is 4. The highest BCUT2D eigenvalue weighted by atomic mass is 32.2. The minimum atomic E-state index is -2.80. The number of amides is 1. The van der Waals surface area contributed by atoms with Crippen molar-refractivity contribution in [1.29, 1.82) is 0 Å². The van der Waals surface area contributed by atoms with Crippen LogP contribution in [-0.2, 0) is 9.84 Å². The van der Waals surface area contributed by atoms with Crippen molar-refractivity contribution in [2.75, 3.05) is 24.6 Å². The molecule has 0 aromatic carbocycles. The predicted molar refractivity (Wildman–Crippen MR) is 96.4 cm³/mol. The van der Waals surface area contributed by atoms with Crippen LogP contribution in [0.5, 0.6) is 0 Å². The fourth-order valence-electron chi connectivity index (χ4n) is 4.17. The molecule has 7 heteroatoms. The van der Waals surface area contributed by atoms with Crippen molar-refractivity contribution in [2.45, 2.75) is 56.7 Å². The summed E-state index contributed by atoms with van der Waals surface area (Å²) in [5, 5.41) is 3.20. The lowest BCUT2D eigenvalue weighted by atomic mass is 10.0. The van der Waals surface area contributed by atoms with Gasteiger partial charge in [-0.1, -0.05) is 0 Å². The highest BCUT2D eigenvalue weighted by Gasteiger charge is 2.32. The average Bonchev–Trinajstić information content (AvgIpc) is 3.32. The topological polar surface area (TPSA) is 71.4 Å². The van der Waals surface area contributed by atoms with E-state index in [2.05, 4.69) is 14.8 Å². The summed E-state index contributed by atoms with van der Waals surface area (Å²) in [7, 11) is -2.80. The van der Waals surface area contributed by atoms with Gasteiger partial charge >= 0.3 is 0 Å². The molecule has 25 heavy (non-hydrogen) atoms. The number of likely N-dealkylation sites (tertiary alicyclic amines) is 1. The summed E-state index contributed by atoms with van der Waals surface area (Å²) in [6.45, 7) is 1.89. The van der Waals surface area contributed by atoms with E-state index in [1.807, 2.05) is 18.3 Å². The first-order valence-corrected chi connectivity index (χ1v) is 11.3. The van der Waals surface area contributed by atoms with Gasteiger partial charge in [0.25, 0.3) is 5.91 Å². The van der Waals surface area contributed by atoms with Crippen LogP contribution in [0.4, 0.5) is 0 Å². The second kappa shape index (κ2) is 6.76. The molecule has 0 radical (unpaired) electrons. The minimum absolute atomic E-state index is 0.0408. The number of piperidine rings is 1. The first-order valence-electron chi connectivity index (χ1n) is 9.44. The minimum Gasteiger partial charge on any atom is -0.348 e. The molecule has 6 nitrogen and oxygen atoms in total. The van der Waals surface area contributed by atoms with Gasteiger partial charge < -0.3 is 14.8 Å². The monoisotopic (exact) mass is 365 g/mol. The third-order valence-electron chi connectivity index (χ3n) is 5.86. The SMILES string of the molecule is O=C(NC1CCN(C2CCS(=O)(=O)CC2)CC1)c1cccn1C1CC1. The Morgan fingerprint density at radius 1 is 1.00 bits per heavy atom.